The van der Waals surface area contributed by atoms with Gasteiger partial charge in [0.15, 0.2) is 0 Å². The summed E-state index contributed by atoms with van der Waals surface area (Å²) in [6, 6.07) is 13.8. The Kier molecular flexibility index (Phi) is 5.72. The summed E-state index contributed by atoms with van der Waals surface area (Å²) in [5, 5.41) is 8.52. The van der Waals surface area contributed by atoms with Crippen molar-refractivity contribution in [3.05, 3.63) is 54.1 Å². The second-order valence-corrected chi connectivity index (χ2v) is 6.57. The van der Waals surface area contributed by atoms with Gasteiger partial charge in [-0.3, -0.25) is 0 Å². The first-order valence-electron chi connectivity index (χ1n) is 7.75. The second-order valence-electron chi connectivity index (χ2n) is 5.28. The van der Waals surface area contributed by atoms with Gasteiger partial charge in [0, 0.05) is 5.25 Å². The lowest BCUT2D eigenvalue weighted by Crippen LogP contribution is -2.01. The molecule has 3 aromatic rings. The largest absolute Gasteiger partial charge is 0.496 e. The average molecular weight is 378 g/mol. The molecule has 0 saturated carbocycles. The first-order chi connectivity index (χ1) is 12.6. The lowest BCUT2D eigenvalue weighted by atomic mass is 10.2. The van der Waals surface area contributed by atoms with E-state index in [9.17, 15) is 8.78 Å². The van der Waals surface area contributed by atoms with Gasteiger partial charge in [-0.15, -0.1) is 10.2 Å². The summed E-state index contributed by atoms with van der Waals surface area (Å²) >= 11 is 1.38. The van der Waals surface area contributed by atoms with E-state index in [4.69, 9.17) is 9.15 Å². The van der Waals surface area contributed by atoms with Crippen LogP contribution in [0.15, 0.2) is 58.2 Å². The number of hydrogen-bond donors (Lipinski definition) is 0. The van der Waals surface area contributed by atoms with Gasteiger partial charge >= 0.3 is 6.61 Å². The van der Waals surface area contributed by atoms with E-state index >= 15 is 0 Å². The molecular formula is C18H16F2N2O3S. The molecule has 5 nitrogen and oxygen atoms in total. The zero-order chi connectivity index (χ0) is 18.5. The SMILES string of the molecule is COc1ccccc1-c1nnc(SC(C)c2ccc(OC(F)F)cc2)o1. The van der Waals surface area contributed by atoms with Gasteiger partial charge in [-0.25, -0.2) is 0 Å². The molecule has 1 unspecified atom stereocenters. The molecule has 1 aromatic heterocycles. The van der Waals surface area contributed by atoms with Crippen molar-refractivity contribution in [1.82, 2.24) is 10.2 Å². The van der Waals surface area contributed by atoms with Crippen LogP contribution in [0.2, 0.25) is 0 Å². The monoisotopic (exact) mass is 378 g/mol. The number of rotatable bonds is 7. The Morgan fingerprint density at radius 3 is 2.46 bits per heavy atom. The van der Waals surface area contributed by atoms with E-state index in [1.54, 1.807) is 19.2 Å². The van der Waals surface area contributed by atoms with E-state index in [0.717, 1.165) is 11.1 Å². The molecule has 0 radical (unpaired) electrons. The lowest BCUT2D eigenvalue weighted by Gasteiger charge is -2.10. The quantitative estimate of drug-likeness (QED) is 0.527. The number of hydrogen-bond acceptors (Lipinski definition) is 6. The molecule has 1 heterocycles. The van der Waals surface area contributed by atoms with Crippen LogP contribution in [-0.2, 0) is 0 Å². The van der Waals surface area contributed by atoms with Gasteiger partial charge in [-0.05, 0) is 36.8 Å². The van der Waals surface area contributed by atoms with E-state index in [2.05, 4.69) is 14.9 Å². The van der Waals surface area contributed by atoms with Gasteiger partial charge < -0.3 is 13.9 Å². The molecule has 3 rings (SSSR count). The highest BCUT2D eigenvalue weighted by molar-refractivity contribution is 7.99. The predicted molar refractivity (Wildman–Crippen MR) is 93.6 cm³/mol. The van der Waals surface area contributed by atoms with Crippen molar-refractivity contribution >= 4 is 11.8 Å². The van der Waals surface area contributed by atoms with Crippen LogP contribution in [-0.4, -0.2) is 23.9 Å². The number of ether oxygens (including phenoxy) is 2. The molecule has 26 heavy (non-hydrogen) atoms. The maximum Gasteiger partial charge on any atom is 0.387 e. The maximum atomic E-state index is 12.2. The molecule has 0 bridgehead atoms. The second kappa shape index (κ2) is 8.18. The van der Waals surface area contributed by atoms with E-state index in [1.807, 2.05) is 31.2 Å². The van der Waals surface area contributed by atoms with Crippen LogP contribution in [0, 0.1) is 0 Å². The standard InChI is InChI=1S/C18H16F2N2O3S/c1-11(12-7-9-13(10-8-12)24-17(19)20)26-18-22-21-16(25-18)14-5-3-4-6-15(14)23-2/h3-11,17H,1-2H3. The van der Waals surface area contributed by atoms with Gasteiger partial charge in [0.05, 0.1) is 12.7 Å². The van der Waals surface area contributed by atoms with Crippen LogP contribution in [0.3, 0.4) is 0 Å². The van der Waals surface area contributed by atoms with E-state index < -0.39 is 6.61 Å². The summed E-state index contributed by atoms with van der Waals surface area (Å²) in [6.07, 6.45) is 0. The fourth-order valence-electron chi connectivity index (χ4n) is 2.33. The zero-order valence-corrected chi connectivity index (χ0v) is 14.9. The van der Waals surface area contributed by atoms with Crippen LogP contribution < -0.4 is 9.47 Å². The molecule has 0 saturated heterocycles. The first kappa shape index (κ1) is 18.2. The van der Waals surface area contributed by atoms with Gasteiger partial charge in [-0.2, -0.15) is 8.78 Å². The summed E-state index contributed by atoms with van der Waals surface area (Å²) < 4.78 is 39.8. The molecule has 2 aromatic carbocycles. The van der Waals surface area contributed by atoms with Crippen LogP contribution in [0.25, 0.3) is 11.5 Å². The summed E-state index contributed by atoms with van der Waals surface area (Å²) in [5.41, 5.74) is 1.64. The molecule has 0 amide bonds. The maximum absolute atomic E-state index is 12.2. The smallest absolute Gasteiger partial charge is 0.387 e. The molecule has 0 aliphatic carbocycles. The minimum absolute atomic E-state index is 0.0124. The summed E-state index contributed by atoms with van der Waals surface area (Å²) in [5.74, 6) is 1.14. The van der Waals surface area contributed by atoms with Crippen molar-refractivity contribution in [2.75, 3.05) is 7.11 Å². The molecule has 0 aliphatic rings. The number of alkyl halides is 2. The highest BCUT2D eigenvalue weighted by Gasteiger charge is 2.16. The molecule has 1 atom stereocenters. The molecular weight excluding hydrogens is 362 g/mol. The summed E-state index contributed by atoms with van der Waals surface area (Å²) in [7, 11) is 1.58. The minimum atomic E-state index is -2.83. The highest BCUT2D eigenvalue weighted by Crippen LogP contribution is 2.37. The Morgan fingerprint density at radius 1 is 1.04 bits per heavy atom. The number of thioether (sulfide) groups is 1. The van der Waals surface area contributed by atoms with Crippen molar-refractivity contribution in [2.45, 2.75) is 24.0 Å². The molecule has 8 heteroatoms. The third kappa shape index (κ3) is 4.32. The summed E-state index contributed by atoms with van der Waals surface area (Å²) in [6.45, 7) is -0.875. The van der Waals surface area contributed by atoms with Crippen molar-refractivity contribution in [1.29, 1.82) is 0 Å². The molecule has 0 spiro atoms. The molecule has 136 valence electrons. The van der Waals surface area contributed by atoms with Gasteiger partial charge in [0.1, 0.15) is 11.5 Å². The Hall–Kier alpha value is -2.61. The Morgan fingerprint density at radius 2 is 1.77 bits per heavy atom. The van der Waals surface area contributed by atoms with Crippen molar-refractivity contribution in [2.24, 2.45) is 0 Å². The van der Waals surface area contributed by atoms with Gasteiger partial charge in [0.25, 0.3) is 11.1 Å². The fraction of sp³-hybridized carbons (Fsp3) is 0.222. The van der Waals surface area contributed by atoms with E-state index in [0.29, 0.717) is 16.9 Å². The van der Waals surface area contributed by atoms with E-state index in [1.165, 1.54) is 23.9 Å². The number of halogens is 2. The Balaban J connectivity index is 1.70. The Bertz CT molecular complexity index is 856. The highest BCUT2D eigenvalue weighted by atomic mass is 32.2. The van der Waals surface area contributed by atoms with Gasteiger partial charge in [0.2, 0.25) is 0 Å². The number of aromatic nitrogens is 2. The lowest BCUT2D eigenvalue weighted by molar-refractivity contribution is -0.0498. The molecule has 0 N–H and O–H groups in total. The minimum Gasteiger partial charge on any atom is -0.496 e. The summed E-state index contributed by atoms with van der Waals surface area (Å²) in [4.78, 5) is 0. The van der Waals surface area contributed by atoms with Crippen molar-refractivity contribution in [3.8, 4) is 23.0 Å². The third-order valence-electron chi connectivity index (χ3n) is 3.60. The topological polar surface area (TPSA) is 57.4 Å². The van der Waals surface area contributed by atoms with Crippen LogP contribution in [0.5, 0.6) is 11.5 Å². The average Bonchev–Trinajstić information content (AvgIpc) is 3.10. The predicted octanol–water partition coefficient (Wildman–Crippen LogP) is 5.20. The van der Waals surface area contributed by atoms with Crippen LogP contribution >= 0.6 is 11.8 Å². The normalized spacial score (nSPS) is 12.2. The third-order valence-corrected chi connectivity index (χ3v) is 4.59. The van der Waals surface area contributed by atoms with Crippen LogP contribution in [0.4, 0.5) is 8.78 Å². The van der Waals surface area contributed by atoms with E-state index in [-0.39, 0.29) is 11.0 Å². The van der Waals surface area contributed by atoms with Crippen LogP contribution in [0.1, 0.15) is 17.7 Å². The number of para-hydroxylation sites is 1. The van der Waals surface area contributed by atoms with Crippen molar-refractivity contribution in [3.63, 3.8) is 0 Å². The molecule has 0 aliphatic heterocycles. The number of nitrogens with zero attached hydrogens (tertiary/aromatic N) is 2. The van der Waals surface area contributed by atoms with Gasteiger partial charge in [-0.1, -0.05) is 36.0 Å². The molecule has 0 fully saturated rings. The number of benzene rings is 2. The number of methoxy groups -OCH3 is 1. The van der Waals surface area contributed by atoms with Crippen molar-refractivity contribution < 1.29 is 22.7 Å². The first-order valence-corrected chi connectivity index (χ1v) is 8.63. The fourth-order valence-corrected chi connectivity index (χ4v) is 3.14. The Labute approximate surface area is 153 Å². The zero-order valence-electron chi connectivity index (χ0n) is 14.1.